The minimum absolute atomic E-state index is 0.631. The first-order chi connectivity index (χ1) is 7.81. The first-order valence-corrected chi connectivity index (χ1v) is 6.21. The Morgan fingerprint density at radius 2 is 2.38 bits per heavy atom. The van der Waals surface area contributed by atoms with Crippen LogP contribution in [0.4, 0.5) is 0 Å². The van der Waals surface area contributed by atoms with Crippen molar-refractivity contribution in [3.05, 3.63) is 17.5 Å². The summed E-state index contributed by atoms with van der Waals surface area (Å²) < 4.78 is 5.18. The standard InChI is InChI=1S/C12H19N3O/c1-9-6-12(16-14-9)7-13-10-4-5-15(8-10)11-2-3-11/h6,10-11,13H,2-5,7-8H2,1H3. The number of likely N-dealkylation sites (tertiary alicyclic amines) is 1. The van der Waals surface area contributed by atoms with E-state index in [2.05, 4.69) is 15.4 Å². The van der Waals surface area contributed by atoms with Gasteiger partial charge in [0.05, 0.1) is 12.2 Å². The molecule has 0 aromatic carbocycles. The van der Waals surface area contributed by atoms with E-state index in [0.29, 0.717) is 6.04 Å². The molecule has 1 aliphatic carbocycles. The maximum Gasteiger partial charge on any atom is 0.150 e. The molecule has 1 unspecified atom stereocenters. The largest absolute Gasteiger partial charge is 0.360 e. The molecule has 0 amide bonds. The molecule has 3 rings (SSSR count). The molecule has 1 saturated carbocycles. The Morgan fingerprint density at radius 3 is 3.06 bits per heavy atom. The predicted octanol–water partition coefficient (Wildman–Crippen LogP) is 1.31. The Labute approximate surface area is 96.0 Å². The second-order valence-corrected chi connectivity index (χ2v) is 5.03. The van der Waals surface area contributed by atoms with Gasteiger partial charge in [0.2, 0.25) is 0 Å². The minimum Gasteiger partial charge on any atom is -0.360 e. The zero-order valence-corrected chi connectivity index (χ0v) is 9.78. The third-order valence-electron chi connectivity index (χ3n) is 3.52. The Hall–Kier alpha value is -0.870. The first-order valence-electron chi connectivity index (χ1n) is 6.21. The van der Waals surface area contributed by atoms with Crippen LogP contribution in [-0.2, 0) is 6.54 Å². The zero-order chi connectivity index (χ0) is 11.0. The molecule has 4 nitrogen and oxygen atoms in total. The van der Waals surface area contributed by atoms with E-state index >= 15 is 0 Å². The van der Waals surface area contributed by atoms with Crippen LogP contribution in [0, 0.1) is 6.92 Å². The summed E-state index contributed by atoms with van der Waals surface area (Å²) in [7, 11) is 0. The summed E-state index contributed by atoms with van der Waals surface area (Å²) in [6.45, 7) is 5.23. The van der Waals surface area contributed by atoms with Gasteiger partial charge in [-0.3, -0.25) is 4.90 Å². The van der Waals surface area contributed by atoms with Crippen molar-refractivity contribution >= 4 is 0 Å². The summed E-state index contributed by atoms with van der Waals surface area (Å²) in [5.74, 6) is 0.947. The fourth-order valence-corrected chi connectivity index (χ4v) is 2.47. The van der Waals surface area contributed by atoms with Crippen LogP contribution >= 0.6 is 0 Å². The van der Waals surface area contributed by atoms with Crippen molar-refractivity contribution in [1.82, 2.24) is 15.4 Å². The highest BCUT2D eigenvalue weighted by atomic mass is 16.5. The van der Waals surface area contributed by atoms with E-state index in [9.17, 15) is 0 Å². The molecule has 0 bridgehead atoms. The van der Waals surface area contributed by atoms with E-state index in [0.717, 1.165) is 24.0 Å². The van der Waals surface area contributed by atoms with Gasteiger partial charge in [-0.1, -0.05) is 5.16 Å². The molecule has 2 aliphatic rings. The molecule has 1 aromatic rings. The number of hydrogen-bond acceptors (Lipinski definition) is 4. The fraction of sp³-hybridized carbons (Fsp3) is 0.750. The van der Waals surface area contributed by atoms with Gasteiger partial charge in [0, 0.05) is 31.2 Å². The Balaban J connectivity index is 1.45. The summed E-state index contributed by atoms with van der Waals surface area (Å²) >= 11 is 0. The third-order valence-corrected chi connectivity index (χ3v) is 3.52. The Morgan fingerprint density at radius 1 is 1.50 bits per heavy atom. The topological polar surface area (TPSA) is 41.3 Å². The van der Waals surface area contributed by atoms with Crippen LogP contribution in [0.5, 0.6) is 0 Å². The highest BCUT2D eigenvalue weighted by Crippen LogP contribution is 2.29. The lowest BCUT2D eigenvalue weighted by Gasteiger charge is -2.14. The molecule has 2 fully saturated rings. The van der Waals surface area contributed by atoms with Gasteiger partial charge < -0.3 is 9.84 Å². The average molecular weight is 221 g/mol. The first kappa shape index (κ1) is 10.3. The average Bonchev–Trinajstić information content (AvgIpc) is 2.87. The van der Waals surface area contributed by atoms with E-state index < -0.39 is 0 Å². The van der Waals surface area contributed by atoms with Gasteiger partial charge in [0.25, 0.3) is 0 Å². The minimum atomic E-state index is 0.631. The molecule has 0 spiro atoms. The molecule has 1 aromatic heterocycles. The van der Waals surface area contributed by atoms with E-state index in [-0.39, 0.29) is 0 Å². The predicted molar refractivity (Wildman–Crippen MR) is 61.1 cm³/mol. The molecule has 88 valence electrons. The van der Waals surface area contributed by atoms with Crippen LogP contribution in [0.3, 0.4) is 0 Å². The van der Waals surface area contributed by atoms with Gasteiger partial charge in [-0.25, -0.2) is 0 Å². The second kappa shape index (κ2) is 4.18. The molecule has 16 heavy (non-hydrogen) atoms. The van der Waals surface area contributed by atoms with Crippen LogP contribution in [0.1, 0.15) is 30.7 Å². The molecule has 4 heteroatoms. The molecular weight excluding hydrogens is 202 g/mol. The van der Waals surface area contributed by atoms with Crippen molar-refractivity contribution in [1.29, 1.82) is 0 Å². The monoisotopic (exact) mass is 221 g/mol. The number of nitrogens with one attached hydrogen (secondary N) is 1. The van der Waals surface area contributed by atoms with E-state index in [4.69, 9.17) is 4.52 Å². The SMILES string of the molecule is Cc1cc(CNC2CCN(C3CC3)C2)on1. The summed E-state index contributed by atoms with van der Waals surface area (Å²) in [6.07, 6.45) is 4.09. The van der Waals surface area contributed by atoms with Crippen molar-refractivity contribution in [2.24, 2.45) is 0 Å². The van der Waals surface area contributed by atoms with Gasteiger partial charge in [-0.15, -0.1) is 0 Å². The highest BCUT2D eigenvalue weighted by molar-refractivity contribution is 5.03. The smallest absolute Gasteiger partial charge is 0.150 e. The van der Waals surface area contributed by atoms with E-state index in [1.165, 1.54) is 32.4 Å². The third kappa shape index (κ3) is 2.28. The number of rotatable bonds is 4. The second-order valence-electron chi connectivity index (χ2n) is 5.03. The van der Waals surface area contributed by atoms with Crippen LogP contribution in [0.2, 0.25) is 0 Å². The normalized spacial score (nSPS) is 26.4. The van der Waals surface area contributed by atoms with Gasteiger partial charge >= 0.3 is 0 Å². The maximum absolute atomic E-state index is 5.18. The van der Waals surface area contributed by atoms with E-state index in [1.807, 2.05) is 13.0 Å². The van der Waals surface area contributed by atoms with Gasteiger partial charge in [-0.05, 0) is 26.2 Å². The number of hydrogen-bond donors (Lipinski definition) is 1. The number of nitrogens with zero attached hydrogens (tertiary/aromatic N) is 2. The van der Waals surface area contributed by atoms with Gasteiger partial charge in [-0.2, -0.15) is 0 Å². The van der Waals surface area contributed by atoms with Crippen LogP contribution in [0.15, 0.2) is 10.6 Å². The molecule has 1 saturated heterocycles. The molecular formula is C12H19N3O. The Kier molecular flexibility index (Phi) is 2.69. The lowest BCUT2D eigenvalue weighted by Crippen LogP contribution is -2.32. The molecule has 1 N–H and O–H groups in total. The van der Waals surface area contributed by atoms with Crippen LogP contribution < -0.4 is 5.32 Å². The van der Waals surface area contributed by atoms with Crippen LogP contribution in [0.25, 0.3) is 0 Å². The van der Waals surface area contributed by atoms with E-state index in [1.54, 1.807) is 0 Å². The highest BCUT2D eigenvalue weighted by Gasteiger charge is 2.34. The Bertz CT molecular complexity index is 359. The quantitative estimate of drug-likeness (QED) is 0.832. The molecule has 1 atom stereocenters. The van der Waals surface area contributed by atoms with Crippen LogP contribution in [-0.4, -0.2) is 35.2 Å². The maximum atomic E-state index is 5.18. The molecule has 2 heterocycles. The van der Waals surface area contributed by atoms with Crippen molar-refractivity contribution in [2.75, 3.05) is 13.1 Å². The number of aryl methyl sites for hydroxylation is 1. The summed E-state index contributed by atoms with van der Waals surface area (Å²) in [5.41, 5.74) is 0.961. The fourth-order valence-electron chi connectivity index (χ4n) is 2.47. The van der Waals surface area contributed by atoms with Crippen molar-refractivity contribution < 1.29 is 4.52 Å². The van der Waals surface area contributed by atoms with Gasteiger partial charge in [0.1, 0.15) is 0 Å². The summed E-state index contributed by atoms with van der Waals surface area (Å²) in [6, 6.07) is 3.53. The summed E-state index contributed by atoms with van der Waals surface area (Å²) in [4.78, 5) is 2.61. The van der Waals surface area contributed by atoms with Crippen molar-refractivity contribution in [3.63, 3.8) is 0 Å². The summed E-state index contributed by atoms with van der Waals surface area (Å²) in [5, 5.41) is 7.44. The zero-order valence-electron chi connectivity index (χ0n) is 9.78. The lowest BCUT2D eigenvalue weighted by atomic mass is 10.2. The number of aromatic nitrogens is 1. The molecule has 0 radical (unpaired) electrons. The van der Waals surface area contributed by atoms with Gasteiger partial charge in [0.15, 0.2) is 5.76 Å². The lowest BCUT2D eigenvalue weighted by molar-refractivity contribution is 0.312. The molecule has 1 aliphatic heterocycles. The van der Waals surface area contributed by atoms with Crippen molar-refractivity contribution in [2.45, 2.75) is 44.8 Å². The van der Waals surface area contributed by atoms with Crippen molar-refractivity contribution in [3.8, 4) is 0 Å².